The van der Waals surface area contributed by atoms with Crippen molar-refractivity contribution in [2.24, 2.45) is 0 Å². The highest BCUT2D eigenvalue weighted by Gasteiger charge is 2.09. The third kappa shape index (κ3) is 11.3. The molecule has 0 saturated carbocycles. The summed E-state index contributed by atoms with van der Waals surface area (Å²) in [4.78, 5) is 11.4. The van der Waals surface area contributed by atoms with Crippen LogP contribution >= 0.6 is 0 Å². The van der Waals surface area contributed by atoms with Crippen molar-refractivity contribution < 1.29 is 13.9 Å². The Kier molecular flexibility index (Phi) is 14.3. The monoisotopic (exact) mass is 393 g/mol. The molecule has 0 aliphatic carbocycles. The number of esters is 1. The van der Waals surface area contributed by atoms with Crippen LogP contribution in [0.2, 0.25) is 0 Å². The van der Waals surface area contributed by atoms with E-state index in [0.717, 1.165) is 13.0 Å². The van der Waals surface area contributed by atoms with Gasteiger partial charge in [-0.05, 0) is 24.6 Å². The maximum absolute atomic E-state index is 14.0. The summed E-state index contributed by atoms with van der Waals surface area (Å²) >= 11 is 0. The first-order valence-electron chi connectivity index (χ1n) is 11.3. The molecular formula is C24H40FNO2. The van der Waals surface area contributed by atoms with Gasteiger partial charge in [0, 0.05) is 6.54 Å². The number of rotatable bonds is 17. The Morgan fingerprint density at radius 1 is 0.857 bits per heavy atom. The number of unbranched alkanes of at least 4 members (excludes halogenated alkanes) is 13. The number of anilines is 1. The van der Waals surface area contributed by atoms with E-state index in [9.17, 15) is 9.18 Å². The molecule has 1 aromatic carbocycles. The molecule has 0 aliphatic rings. The quantitative estimate of drug-likeness (QED) is 0.220. The molecule has 1 rings (SSSR count). The molecule has 0 atom stereocenters. The van der Waals surface area contributed by atoms with E-state index in [1.54, 1.807) is 12.1 Å². The zero-order valence-electron chi connectivity index (χ0n) is 18.0. The van der Waals surface area contributed by atoms with Gasteiger partial charge in [-0.3, -0.25) is 0 Å². The molecule has 0 aliphatic heterocycles. The van der Waals surface area contributed by atoms with Gasteiger partial charge in [0.1, 0.15) is 5.82 Å². The highest BCUT2D eigenvalue weighted by Crippen LogP contribution is 2.17. The summed E-state index contributed by atoms with van der Waals surface area (Å²) in [7, 11) is 1.29. The normalized spacial score (nSPS) is 10.8. The Labute approximate surface area is 171 Å². The molecule has 3 nitrogen and oxygen atoms in total. The van der Waals surface area contributed by atoms with Gasteiger partial charge in [0.15, 0.2) is 0 Å². The zero-order valence-corrected chi connectivity index (χ0v) is 18.0. The second-order valence-electron chi connectivity index (χ2n) is 7.71. The van der Waals surface area contributed by atoms with Gasteiger partial charge >= 0.3 is 5.97 Å². The van der Waals surface area contributed by atoms with Gasteiger partial charge < -0.3 is 10.1 Å². The van der Waals surface area contributed by atoms with E-state index in [-0.39, 0.29) is 5.56 Å². The Morgan fingerprint density at radius 3 is 1.82 bits per heavy atom. The third-order valence-electron chi connectivity index (χ3n) is 5.24. The molecular weight excluding hydrogens is 353 g/mol. The first-order chi connectivity index (χ1) is 13.7. The van der Waals surface area contributed by atoms with Crippen LogP contribution in [-0.2, 0) is 4.74 Å². The van der Waals surface area contributed by atoms with Crippen LogP contribution < -0.4 is 5.32 Å². The largest absolute Gasteiger partial charge is 0.465 e. The van der Waals surface area contributed by atoms with Crippen LogP contribution in [0.15, 0.2) is 18.2 Å². The van der Waals surface area contributed by atoms with Crippen LogP contribution in [0.5, 0.6) is 0 Å². The third-order valence-corrected chi connectivity index (χ3v) is 5.24. The van der Waals surface area contributed by atoms with Crippen molar-refractivity contribution in [3.63, 3.8) is 0 Å². The summed E-state index contributed by atoms with van der Waals surface area (Å²) in [6.07, 6.45) is 18.6. The Hall–Kier alpha value is -1.58. The van der Waals surface area contributed by atoms with Crippen molar-refractivity contribution in [2.75, 3.05) is 19.0 Å². The Bertz CT molecular complexity index is 533. The molecule has 0 saturated heterocycles. The standard InChI is InChI=1S/C24H40FNO2/c1-3-4-5-6-7-8-9-10-11-12-13-14-15-16-19-26-23-18-17-21(20-22(23)25)24(27)28-2/h17-18,20,26H,3-16,19H2,1-2H3. The smallest absolute Gasteiger partial charge is 0.337 e. The average molecular weight is 394 g/mol. The van der Waals surface area contributed by atoms with Gasteiger partial charge in [-0.1, -0.05) is 90.4 Å². The lowest BCUT2D eigenvalue weighted by Gasteiger charge is -2.08. The number of carbonyl (C=O) groups is 1. The lowest BCUT2D eigenvalue weighted by atomic mass is 10.0. The Balaban J connectivity index is 1.93. The molecule has 0 bridgehead atoms. The van der Waals surface area contributed by atoms with Crippen LogP contribution in [0.3, 0.4) is 0 Å². The number of hydrogen-bond acceptors (Lipinski definition) is 3. The lowest BCUT2D eigenvalue weighted by Crippen LogP contribution is -2.06. The molecule has 28 heavy (non-hydrogen) atoms. The summed E-state index contributed by atoms with van der Waals surface area (Å²) in [6, 6.07) is 4.41. The maximum atomic E-state index is 14.0. The van der Waals surface area contributed by atoms with Crippen LogP contribution in [0.1, 0.15) is 107 Å². The number of nitrogens with one attached hydrogen (secondary N) is 1. The number of hydrogen-bond donors (Lipinski definition) is 1. The topological polar surface area (TPSA) is 38.3 Å². The van der Waals surface area contributed by atoms with Crippen LogP contribution in [-0.4, -0.2) is 19.6 Å². The molecule has 1 N–H and O–H groups in total. The molecule has 0 unspecified atom stereocenters. The average Bonchev–Trinajstić information content (AvgIpc) is 2.71. The second kappa shape index (κ2) is 16.4. The van der Waals surface area contributed by atoms with Crippen molar-refractivity contribution >= 4 is 11.7 Å². The van der Waals surface area contributed by atoms with Crippen LogP contribution in [0, 0.1) is 5.82 Å². The van der Waals surface area contributed by atoms with E-state index in [1.165, 1.54) is 96.6 Å². The first kappa shape index (κ1) is 24.5. The van der Waals surface area contributed by atoms with Gasteiger partial charge in [-0.25, -0.2) is 9.18 Å². The van der Waals surface area contributed by atoms with Gasteiger partial charge in [0.25, 0.3) is 0 Å². The molecule has 0 fully saturated rings. The lowest BCUT2D eigenvalue weighted by molar-refractivity contribution is 0.0600. The minimum atomic E-state index is -0.516. The van der Waals surface area contributed by atoms with Crippen molar-refractivity contribution in [2.45, 2.75) is 96.8 Å². The van der Waals surface area contributed by atoms with Gasteiger partial charge in [-0.2, -0.15) is 0 Å². The molecule has 1 aromatic rings. The molecule has 0 radical (unpaired) electrons. The number of carbonyl (C=O) groups excluding carboxylic acids is 1. The summed E-state index contributed by atoms with van der Waals surface area (Å²) in [5.74, 6) is -0.925. The fraction of sp³-hybridized carbons (Fsp3) is 0.708. The molecule has 0 spiro atoms. The van der Waals surface area contributed by atoms with Crippen molar-refractivity contribution in [3.8, 4) is 0 Å². The predicted molar refractivity (Wildman–Crippen MR) is 117 cm³/mol. The summed E-state index contributed by atoms with van der Waals surface area (Å²) in [5, 5.41) is 3.11. The van der Waals surface area contributed by atoms with E-state index in [4.69, 9.17) is 0 Å². The second-order valence-corrected chi connectivity index (χ2v) is 7.71. The van der Waals surface area contributed by atoms with Crippen molar-refractivity contribution in [3.05, 3.63) is 29.6 Å². The summed E-state index contributed by atoms with van der Waals surface area (Å²) in [6.45, 7) is 3.02. The highest BCUT2D eigenvalue weighted by molar-refractivity contribution is 5.89. The molecule has 0 amide bonds. The summed E-state index contributed by atoms with van der Waals surface area (Å²) < 4.78 is 18.6. The maximum Gasteiger partial charge on any atom is 0.337 e. The minimum Gasteiger partial charge on any atom is -0.465 e. The Morgan fingerprint density at radius 2 is 1.36 bits per heavy atom. The molecule has 0 heterocycles. The van der Waals surface area contributed by atoms with E-state index in [2.05, 4.69) is 17.0 Å². The fourth-order valence-corrected chi connectivity index (χ4v) is 3.45. The molecule has 160 valence electrons. The molecule has 0 aromatic heterocycles. The summed E-state index contributed by atoms with van der Waals surface area (Å²) in [5.41, 5.74) is 0.685. The zero-order chi connectivity index (χ0) is 20.5. The molecule has 4 heteroatoms. The first-order valence-corrected chi connectivity index (χ1v) is 11.3. The van der Waals surface area contributed by atoms with E-state index >= 15 is 0 Å². The number of halogens is 1. The van der Waals surface area contributed by atoms with Crippen LogP contribution in [0.4, 0.5) is 10.1 Å². The highest BCUT2D eigenvalue weighted by atomic mass is 19.1. The number of benzene rings is 1. The van der Waals surface area contributed by atoms with E-state index in [0.29, 0.717) is 5.69 Å². The minimum absolute atomic E-state index is 0.238. The van der Waals surface area contributed by atoms with Crippen molar-refractivity contribution in [1.29, 1.82) is 0 Å². The van der Waals surface area contributed by atoms with Gasteiger partial charge in [0.05, 0.1) is 18.4 Å². The van der Waals surface area contributed by atoms with E-state index < -0.39 is 11.8 Å². The van der Waals surface area contributed by atoms with Crippen molar-refractivity contribution in [1.82, 2.24) is 0 Å². The van der Waals surface area contributed by atoms with Crippen LogP contribution in [0.25, 0.3) is 0 Å². The number of methoxy groups -OCH3 is 1. The number of ether oxygens (including phenoxy) is 1. The fourth-order valence-electron chi connectivity index (χ4n) is 3.45. The van der Waals surface area contributed by atoms with Gasteiger partial charge in [0.2, 0.25) is 0 Å². The predicted octanol–water partition coefficient (Wildman–Crippen LogP) is 7.51. The SMILES string of the molecule is CCCCCCCCCCCCCCCCNc1ccc(C(=O)OC)cc1F. The van der Waals surface area contributed by atoms with Gasteiger partial charge in [-0.15, -0.1) is 0 Å². The van der Waals surface area contributed by atoms with E-state index in [1.807, 2.05) is 0 Å².